The van der Waals surface area contributed by atoms with E-state index in [4.69, 9.17) is 11.6 Å². The molecule has 0 N–H and O–H groups in total. The van der Waals surface area contributed by atoms with Crippen LogP contribution in [0.15, 0.2) is 0 Å². The van der Waals surface area contributed by atoms with Gasteiger partial charge in [0.25, 0.3) is 0 Å². The van der Waals surface area contributed by atoms with Crippen LogP contribution >= 0.6 is 11.6 Å². The van der Waals surface area contributed by atoms with Crippen molar-refractivity contribution >= 4 is 20.4 Å². The maximum absolute atomic E-state index is 6.19. The first-order valence-electron chi connectivity index (χ1n) is 7.43. The van der Waals surface area contributed by atoms with E-state index in [1.54, 1.807) is 31.0 Å². The van der Waals surface area contributed by atoms with Crippen molar-refractivity contribution in [1.82, 2.24) is 0 Å². The molecule has 2 rings (SSSR count). The average molecular weight is 324 g/mol. The largest absolute Gasteiger partial charge is 0.123 e. The van der Waals surface area contributed by atoms with E-state index in [1.807, 2.05) is 0 Å². The van der Waals surface area contributed by atoms with Crippen LogP contribution < -0.4 is 0 Å². The van der Waals surface area contributed by atoms with Crippen LogP contribution in [0.25, 0.3) is 0 Å². The molecule has 2 fully saturated rings. The Hall–Kier alpha value is 1.13. The first kappa shape index (κ1) is 16.2. The second-order valence-electron chi connectivity index (χ2n) is 6.08. The minimum absolute atomic E-state index is 0. The fourth-order valence-corrected chi connectivity index (χ4v) is 7.64. The summed E-state index contributed by atoms with van der Waals surface area (Å²) in [5.74, 6) is 2.14. The van der Waals surface area contributed by atoms with Gasteiger partial charge >= 0.3 is 0 Å². The van der Waals surface area contributed by atoms with E-state index in [0.29, 0.717) is 5.38 Å². The van der Waals surface area contributed by atoms with Crippen molar-refractivity contribution in [3.8, 4) is 0 Å². The van der Waals surface area contributed by atoms with Crippen LogP contribution in [-0.4, -0.2) is 14.2 Å². The number of hydrogen-bond acceptors (Lipinski definition) is 0. The SMILES string of the molecule is CCC[SiH]1CCC(C2CCC(Cl)CC2)CC1.[Zn]. The molecule has 1 saturated heterocycles. The molecule has 1 aliphatic carbocycles. The minimum atomic E-state index is -0.257. The van der Waals surface area contributed by atoms with E-state index >= 15 is 0 Å². The maximum atomic E-state index is 6.19. The van der Waals surface area contributed by atoms with Crippen molar-refractivity contribution in [3.63, 3.8) is 0 Å². The zero-order valence-corrected chi connectivity index (χ0v) is 16.3. The van der Waals surface area contributed by atoms with Crippen LogP contribution in [-0.2, 0) is 19.5 Å². The topological polar surface area (TPSA) is 0 Å². The second-order valence-corrected chi connectivity index (χ2v) is 10.2. The Morgan fingerprint density at radius 2 is 1.47 bits per heavy atom. The molecule has 2 aliphatic rings. The van der Waals surface area contributed by atoms with Crippen LogP contribution in [0.4, 0.5) is 0 Å². The molecule has 1 heterocycles. The first-order valence-corrected chi connectivity index (χ1v) is 10.3. The molecule has 0 atom stereocenters. The summed E-state index contributed by atoms with van der Waals surface area (Å²) in [6, 6.07) is 4.92. The van der Waals surface area contributed by atoms with Gasteiger partial charge in [-0.05, 0) is 37.5 Å². The zero-order valence-electron chi connectivity index (χ0n) is 11.5. The third-order valence-corrected chi connectivity index (χ3v) is 9.09. The molecule has 96 valence electrons. The molecule has 0 aromatic carbocycles. The van der Waals surface area contributed by atoms with Gasteiger partial charge in [-0.15, -0.1) is 11.6 Å². The van der Waals surface area contributed by atoms with Crippen molar-refractivity contribution < 1.29 is 19.5 Å². The molecule has 0 amide bonds. The molecule has 0 unspecified atom stereocenters. The van der Waals surface area contributed by atoms with Crippen molar-refractivity contribution in [1.29, 1.82) is 0 Å². The number of alkyl halides is 1. The Balaban J connectivity index is 0.00000144. The summed E-state index contributed by atoms with van der Waals surface area (Å²) in [4.78, 5) is 0. The van der Waals surface area contributed by atoms with Crippen molar-refractivity contribution in [2.75, 3.05) is 0 Å². The molecule has 1 aliphatic heterocycles. The Kier molecular flexibility index (Phi) is 7.93. The number of rotatable bonds is 3. The summed E-state index contributed by atoms with van der Waals surface area (Å²) >= 11 is 6.19. The van der Waals surface area contributed by atoms with Gasteiger partial charge in [-0.25, -0.2) is 0 Å². The van der Waals surface area contributed by atoms with Gasteiger partial charge in [0.05, 0.1) is 0 Å². The van der Waals surface area contributed by atoms with Gasteiger partial charge in [-0.1, -0.05) is 44.3 Å². The summed E-state index contributed by atoms with van der Waals surface area (Å²) in [6.07, 6.45) is 10.0. The molecule has 3 heteroatoms. The summed E-state index contributed by atoms with van der Waals surface area (Å²) in [5.41, 5.74) is 0. The third kappa shape index (κ3) is 4.96. The summed E-state index contributed by atoms with van der Waals surface area (Å²) in [5, 5.41) is 0.502. The van der Waals surface area contributed by atoms with E-state index in [0.717, 1.165) is 11.8 Å². The van der Waals surface area contributed by atoms with Crippen molar-refractivity contribution in [2.24, 2.45) is 11.8 Å². The molecule has 0 aromatic heterocycles. The number of hydrogen-bond donors (Lipinski definition) is 0. The minimum Gasteiger partial charge on any atom is -0.123 e. The fraction of sp³-hybridized carbons (Fsp3) is 1.00. The fourth-order valence-electron chi connectivity index (χ4n) is 3.91. The zero-order chi connectivity index (χ0) is 11.4. The van der Waals surface area contributed by atoms with Gasteiger partial charge in [0, 0.05) is 33.7 Å². The molecule has 0 spiro atoms. The molecular formula is C14H27ClSiZn. The molecular weight excluding hydrogens is 297 g/mol. The maximum Gasteiger partial charge on any atom is 0.0367 e. The molecule has 0 bridgehead atoms. The Morgan fingerprint density at radius 1 is 0.941 bits per heavy atom. The third-order valence-electron chi connectivity index (χ3n) is 4.96. The monoisotopic (exact) mass is 322 g/mol. The molecule has 0 aromatic rings. The van der Waals surface area contributed by atoms with Gasteiger partial charge in [-0.3, -0.25) is 0 Å². The van der Waals surface area contributed by atoms with Gasteiger partial charge in [0.1, 0.15) is 0 Å². The van der Waals surface area contributed by atoms with Gasteiger partial charge in [0.15, 0.2) is 0 Å². The van der Waals surface area contributed by atoms with E-state index in [2.05, 4.69) is 6.92 Å². The van der Waals surface area contributed by atoms with Crippen molar-refractivity contribution in [3.05, 3.63) is 0 Å². The normalized spacial score (nSPS) is 38.5. The standard InChI is InChI=1S/C14H27ClSi.Zn/c1-2-9-16-10-7-13(8-11-16)12-3-5-14(15)6-4-12;/h12-14,16H,2-11H2,1H3;. The average Bonchev–Trinajstić information content (AvgIpc) is 2.32. The van der Waals surface area contributed by atoms with E-state index in [-0.39, 0.29) is 28.3 Å². The van der Waals surface area contributed by atoms with E-state index in [9.17, 15) is 0 Å². The molecule has 1 saturated carbocycles. The van der Waals surface area contributed by atoms with Gasteiger partial charge in [0.2, 0.25) is 0 Å². The predicted molar refractivity (Wildman–Crippen MR) is 76.2 cm³/mol. The molecule has 17 heavy (non-hydrogen) atoms. The van der Waals surface area contributed by atoms with Gasteiger partial charge in [-0.2, -0.15) is 0 Å². The van der Waals surface area contributed by atoms with Crippen LogP contribution in [0, 0.1) is 11.8 Å². The Labute approximate surface area is 127 Å². The Bertz CT molecular complexity index is 196. The van der Waals surface area contributed by atoms with Crippen LogP contribution in [0.1, 0.15) is 51.9 Å². The first-order chi connectivity index (χ1) is 7.79. The summed E-state index contributed by atoms with van der Waals surface area (Å²) < 4.78 is 0. The van der Waals surface area contributed by atoms with Crippen LogP contribution in [0.5, 0.6) is 0 Å². The predicted octanol–water partition coefficient (Wildman–Crippen LogP) is 4.83. The van der Waals surface area contributed by atoms with Crippen LogP contribution in [0.3, 0.4) is 0 Å². The van der Waals surface area contributed by atoms with E-state index in [1.165, 1.54) is 32.1 Å². The van der Waals surface area contributed by atoms with Gasteiger partial charge < -0.3 is 0 Å². The quantitative estimate of drug-likeness (QED) is 0.515. The number of halogens is 1. The second kappa shape index (κ2) is 8.33. The Morgan fingerprint density at radius 3 is 2.00 bits per heavy atom. The molecule has 0 nitrogen and oxygen atoms in total. The summed E-state index contributed by atoms with van der Waals surface area (Å²) in [7, 11) is -0.257. The summed E-state index contributed by atoms with van der Waals surface area (Å²) in [6.45, 7) is 2.36. The molecule has 0 radical (unpaired) electrons. The van der Waals surface area contributed by atoms with E-state index < -0.39 is 0 Å². The smallest absolute Gasteiger partial charge is 0.0367 e. The van der Waals surface area contributed by atoms with Crippen molar-refractivity contribution in [2.45, 2.75) is 75.4 Å². The van der Waals surface area contributed by atoms with Crippen LogP contribution in [0.2, 0.25) is 18.1 Å².